The van der Waals surface area contributed by atoms with E-state index < -0.39 is 0 Å². The summed E-state index contributed by atoms with van der Waals surface area (Å²) in [6, 6.07) is 3.54. The van der Waals surface area contributed by atoms with Crippen molar-refractivity contribution in [1.82, 2.24) is 15.1 Å². The molecule has 76 valence electrons. The van der Waals surface area contributed by atoms with Crippen LogP contribution in [0, 0.1) is 13.8 Å². The first-order chi connectivity index (χ1) is 7.20. The van der Waals surface area contributed by atoms with Crippen molar-refractivity contribution in [3.63, 3.8) is 0 Å². The summed E-state index contributed by atoms with van der Waals surface area (Å²) in [7, 11) is 0. The molecule has 2 aromatic rings. The van der Waals surface area contributed by atoms with Crippen molar-refractivity contribution >= 4 is 6.29 Å². The average molecular weight is 203 g/mol. The van der Waals surface area contributed by atoms with Gasteiger partial charge in [-0.2, -0.15) is 4.98 Å². The molecule has 0 unspecified atom stereocenters. The van der Waals surface area contributed by atoms with E-state index in [1.165, 1.54) is 0 Å². The minimum absolute atomic E-state index is 0.318. The highest BCUT2D eigenvalue weighted by Gasteiger charge is 2.12. The van der Waals surface area contributed by atoms with E-state index in [1.807, 2.05) is 6.92 Å². The largest absolute Gasteiger partial charge is 0.334 e. The number of hydrogen-bond donors (Lipinski definition) is 0. The van der Waals surface area contributed by atoms with Gasteiger partial charge in [-0.1, -0.05) is 5.16 Å². The predicted octanol–water partition coefficient (Wildman–Crippen LogP) is 1.56. The molecule has 15 heavy (non-hydrogen) atoms. The first kappa shape index (κ1) is 9.51. The highest BCUT2D eigenvalue weighted by atomic mass is 16.5. The highest BCUT2D eigenvalue weighted by Crippen LogP contribution is 2.19. The van der Waals surface area contributed by atoms with Gasteiger partial charge in [-0.25, -0.2) is 4.98 Å². The minimum Gasteiger partial charge on any atom is -0.334 e. The first-order valence-corrected chi connectivity index (χ1v) is 4.44. The molecular formula is C10H9N3O2. The Bertz CT molecular complexity index is 505. The van der Waals surface area contributed by atoms with Crippen molar-refractivity contribution in [1.29, 1.82) is 0 Å². The van der Waals surface area contributed by atoms with Gasteiger partial charge in [0.15, 0.2) is 12.1 Å². The molecule has 0 fully saturated rings. The molecule has 0 bridgehead atoms. The van der Waals surface area contributed by atoms with Gasteiger partial charge in [-0.05, 0) is 26.0 Å². The average Bonchev–Trinajstić information content (AvgIpc) is 2.64. The second-order valence-corrected chi connectivity index (χ2v) is 3.15. The summed E-state index contributed by atoms with van der Waals surface area (Å²) in [5.41, 5.74) is 1.66. The molecule has 0 aliphatic carbocycles. The standard InChI is InChI=1S/C10H9N3O2/c1-6-3-4-8(9(5-14)11-6)10-12-7(2)13-15-10/h3-5H,1-2H3. The maximum absolute atomic E-state index is 10.8. The topological polar surface area (TPSA) is 68.9 Å². The second kappa shape index (κ2) is 3.61. The summed E-state index contributed by atoms with van der Waals surface area (Å²) in [6.45, 7) is 3.53. The lowest BCUT2D eigenvalue weighted by Gasteiger charge is -1.99. The van der Waals surface area contributed by atoms with E-state index in [4.69, 9.17) is 4.52 Å². The Labute approximate surface area is 86.1 Å². The maximum Gasteiger partial charge on any atom is 0.260 e. The Kier molecular flexibility index (Phi) is 2.29. The molecule has 0 saturated carbocycles. The van der Waals surface area contributed by atoms with Crippen molar-refractivity contribution in [3.8, 4) is 11.5 Å². The van der Waals surface area contributed by atoms with Gasteiger partial charge in [-0.3, -0.25) is 4.79 Å². The summed E-state index contributed by atoms with van der Waals surface area (Å²) in [5.74, 6) is 0.851. The van der Waals surface area contributed by atoms with Gasteiger partial charge in [0.25, 0.3) is 5.89 Å². The van der Waals surface area contributed by atoms with Crippen LogP contribution in [-0.2, 0) is 0 Å². The lowest BCUT2D eigenvalue weighted by molar-refractivity contribution is 0.111. The number of carbonyl (C=O) groups is 1. The summed E-state index contributed by atoms with van der Waals surface area (Å²) in [4.78, 5) is 18.9. The minimum atomic E-state index is 0.318. The van der Waals surface area contributed by atoms with E-state index in [1.54, 1.807) is 19.1 Å². The van der Waals surface area contributed by atoms with Crippen LogP contribution in [0.15, 0.2) is 16.7 Å². The van der Waals surface area contributed by atoms with Crippen LogP contribution in [0.25, 0.3) is 11.5 Å². The van der Waals surface area contributed by atoms with Gasteiger partial charge in [0.05, 0.1) is 5.56 Å². The lowest BCUT2D eigenvalue weighted by Crippen LogP contribution is -1.94. The van der Waals surface area contributed by atoms with Crippen molar-refractivity contribution in [2.45, 2.75) is 13.8 Å². The third-order valence-corrected chi connectivity index (χ3v) is 1.93. The monoisotopic (exact) mass is 203 g/mol. The molecule has 0 aliphatic heterocycles. The normalized spacial score (nSPS) is 10.3. The number of aldehydes is 1. The summed E-state index contributed by atoms with van der Waals surface area (Å²) < 4.78 is 4.97. The van der Waals surface area contributed by atoms with E-state index >= 15 is 0 Å². The third kappa shape index (κ3) is 1.76. The second-order valence-electron chi connectivity index (χ2n) is 3.15. The lowest BCUT2D eigenvalue weighted by atomic mass is 10.2. The number of carbonyl (C=O) groups excluding carboxylic acids is 1. The molecule has 5 nitrogen and oxygen atoms in total. The molecule has 2 rings (SSSR count). The van der Waals surface area contributed by atoms with Crippen molar-refractivity contribution in [3.05, 3.63) is 29.3 Å². The number of nitrogens with zero attached hydrogens (tertiary/aromatic N) is 3. The molecule has 0 N–H and O–H groups in total. The van der Waals surface area contributed by atoms with Crippen LogP contribution in [0.1, 0.15) is 22.0 Å². The summed E-state index contributed by atoms with van der Waals surface area (Å²) in [6.07, 6.45) is 0.682. The fourth-order valence-electron chi connectivity index (χ4n) is 1.25. The van der Waals surface area contributed by atoms with Gasteiger partial charge < -0.3 is 4.52 Å². The van der Waals surface area contributed by atoms with Crippen molar-refractivity contribution < 1.29 is 9.32 Å². The molecule has 5 heteroatoms. The Morgan fingerprint density at radius 3 is 2.67 bits per heavy atom. The van der Waals surface area contributed by atoms with Crippen molar-refractivity contribution in [2.24, 2.45) is 0 Å². The number of hydrogen-bond acceptors (Lipinski definition) is 5. The number of aromatic nitrogens is 3. The zero-order valence-corrected chi connectivity index (χ0v) is 8.39. The number of pyridine rings is 1. The quantitative estimate of drug-likeness (QED) is 0.693. The van der Waals surface area contributed by atoms with Gasteiger partial charge in [0.1, 0.15) is 5.69 Å². The molecule has 0 amide bonds. The number of rotatable bonds is 2. The van der Waals surface area contributed by atoms with Gasteiger partial charge in [-0.15, -0.1) is 0 Å². The van der Waals surface area contributed by atoms with E-state index in [9.17, 15) is 4.79 Å². The third-order valence-electron chi connectivity index (χ3n) is 1.93. The maximum atomic E-state index is 10.8. The summed E-state index contributed by atoms with van der Waals surface area (Å²) in [5, 5.41) is 3.66. The van der Waals surface area contributed by atoms with Gasteiger partial charge in [0.2, 0.25) is 0 Å². The molecule has 2 aromatic heterocycles. The molecule has 0 atom stereocenters. The van der Waals surface area contributed by atoms with Gasteiger partial charge in [0, 0.05) is 5.69 Å². The zero-order valence-electron chi connectivity index (χ0n) is 8.39. The fraction of sp³-hybridized carbons (Fsp3) is 0.200. The number of aryl methyl sites for hydroxylation is 2. The Morgan fingerprint density at radius 1 is 1.27 bits per heavy atom. The van der Waals surface area contributed by atoms with Crippen molar-refractivity contribution in [2.75, 3.05) is 0 Å². The van der Waals surface area contributed by atoms with E-state index in [0.29, 0.717) is 29.3 Å². The Balaban J connectivity index is 2.57. The first-order valence-electron chi connectivity index (χ1n) is 4.44. The van der Waals surface area contributed by atoms with Crippen LogP contribution in [0.4, 0.5) is 0 Å². The van der Waals surface area contributed by atoms with E-state index in [0.717, 1.165) is 5.69 Å². The van der Waals surface area contributed by atoms with Crippen LogP contribution in [-0.4, -0.2) is 21.4 Å². The van der Waals surface area contributed by atoms with E-state index in [2.05, 4.69) is 15.1 Å². The van der Waals surface area contributed by atoms with Crippen LogP contribution in [0.2, 0.25) is 0 Å². The molecule has 0 spiro atoms. The molecule has 0 aromatic carbocycles. The SMILES string of the molecule is Cc1ccc(-c2nc(C)no2)c(C=O)n1. The molecular weight excluding hydrogens is 194 g/mol. The van der Waals surface area contributed by atoms with Crippen LogP contribution < -0.4 is 0 Å². The van der Waals surface area contributed by atoms with Gasteiger partial charge >= 0.3 is 0 Å². The predicted molar refractivity (Wildman–Crippen MR) is 52.4 cm³/mol. The fourth-order valence-corrected chi connectivity index (χ4v) is 1.25. The molecule has 0 aliphatic rings. The Hall–Kier alpha value is -2.04. The zero-order chi connectivity index (χ0) is 10.8. The van der Waals surface area contributed by atoms with Crippen LogP contribution in [0.3, 0.4) is 0 Å². The van der Waals surface area contributed by atoms with Crippen LogP contribution in [0.5, 0.6) is 0 Å². The molecule has 0 saturated heterocycles. The Morgan fingerprint density at radius 2 is 2.07 bits per heavy atom. The van der Waals surface area contributed by atoms with Crippen LogP contribution >= 0.6 is 0 Å². The van der Waals surface area contributed by atoms with E-state index in [-0.39, 0.29) is 0 Å². The summed E-state index contributed by atoms with van der Waals surface area (Å²) >= 11 is 0. The highest BCUT2D eigenvalue weighted by molar-refractivity contribution is 5.82. The molecule has 2 heterocycles. The molecule has 0 radical (unpaired) electrons. The smallest absolute Gasteiger partial charge is 0.260 e.